The second kappa shape index (κ2) is 3.60. The molecular formula is C9H9N5OS. The summed E-state index contributed by atoms with van der Waals surface area (Å²) in [4.78, 5) is 4.23. The van der Waals surface area contributed by atoms with Crippen LogP contribution in [0.15, 0.2) is 17.1 Å². The van der Waals surface area contributed by atoms with Gasteiger partial charge in [-0.2, -0.15) is 8.75 Å². The molecule has 82 valence electrons. The Morgan fingerprint density at radius 1 is 1.31 bits per heavy atom. The van der Waals surface area contributed by atoms with Crippen LogP contribution in [0.1, 0.15) is 0 Å². The van der Waals surface area contributed by atoms with E-state index in [4.69, 9.17) is 0 Å². The van der Waals surface area contributed by atoms with Gasteiger partial charge in [-0.3, -0.25) is 4.99 Å². The molecule has 0 bridgehead atoms. The Bertz CT molecular complexity index is 564. The van der Waals surface area contributed by atoms with Crippen LogP contribution in [0.5, 0.6) is 5.75 Å². The second-order valence-corrected chi connectivity index (χ2v) is 3.90. The first-order valence-electron chi connectivity index (χ1n) is 4.84. The molecule has 0 saturated carbocycles. The van der Waals surface area contributed by atoms with Gasteiger partial charge in [0.1, 0.15) is 16.8 Å². The largest absolute Gasteiger partial charge is 0.506 e. The summed E-state index contributed by atoms with van der Waals surface area (Å²) in [5.41, 5.74) is 1.99. The first kappa shape index (κ1) is 9.34. The molecule has 0 atom stereocenters. The fourth-order valence-corrected chi connectivity index (χ4v) is 2.13. The fraction of sp³-hybridized carbons (Fsp3) is 0.222. The summed E-state index contributed by atoms with van der Waals surface area (Å²) in [6, 6.07) is 3.36. The fourth-order valence-electron chi connectivity index (χ4n) is 1.56. The zero-order chi connectivity index (χ0) is 11.0. The molecule has 1 aromatic heterocycles. The van der Waals surface area contributed by atoms with E-state index in [1.54, 1.807) is 12.1 Å². The van der Waals surface area contributed by atoms with Crippen LogP contribution in [0.2, 0.25) is 0 Å². The molecular weight excluding hydrogens is 226 g/mol. The number of aromatic hydroxyl groups is 1. The lowest BCUT2D eigenvalue weighted by Crippen LogP contribution is -2.26. The number of nitrogens with zero attached hydrogens (tertiary/aromatic N) is 3. The third-order valence-electron chi connectivity index (χ3n) is 2.32. The Morgan fingerprint density at radius 2 is 2.19 bits per heavy atom. The zero-order valence-electron chi connectivity index (χ0n) is 8.27. The molecule has 0 unspecified atom stereocenters. The van der Waals surface area contributed by atoms with E-state index < -0.39 is 0 Å². The lowest BCUT2D eigenvalue weighted by molar-refractivity contribution is 0.481. The van der Waals surface area contributed by atoms with Crippen LogP contribution in [0.3, 0.4) is 0 Å². The van der Waals surface area contributed by atoms with Gasteiger partial charge < -0.3 is 15.7 Å². The van der Waals surface area contributed by atoms with E-state index in [1.807, 2.05) is 0 Å². The quantitative estimate of drug-likeness (QED) is 0.636. The average Bonchev–Trinajstić information content (AvgIpc) is 2.92. The van der Waals surface area contributed by atoms with E-state index in [0.717, 1.165) is 36.5 Å². The van der Waals surface area contributed by atoms with Crippen molar-refractivity contribution in [3.8, 4) is 5.75 Å². The normalized spacial score (nSPS) is 14.9. The van der Waals surface area contributed by atoms with Gasteiger partial charge in [0.15, 0.2) is 5.96 Å². The first-order valence-corrected chi connectivity index (χ1v) is 5.57. The van der Waals surface area contributed by atoms with Crippen LogP contribution in [0.25, 0.3) is 11.0 Å². The first-order chi connectivity index (χ1) is 7.84. The summed E-state index contributed by atoms with van der Waals surface area (Å²) >= 11 is 1.08. The Kier molecular flexibility index (Phi) is 2.10. The van der Waals surface area contributed by atoms with Crippen LogP contribution in [-0.2, 0) is 0 Å². The molecule has 0 saturated heterocycles. The molecule has 2 heterocycles. The Hall–Kier alpha value is -1.89. The van der Waals surface area contributed by atoms with Crippen molar-refractivity contribution in [1.29, 1.82) is 0 Å². The van der Waals surface area contributed by atoms with Crippen LogP contribution in [0.4, 0.5) is 5.69 Å². The number of phenols is 1. The lowest BCUT2D eigenvalue weighted by atomic mass is 10.2. The number of rotatable bonds is 1. The molecule has 16 heavy (non-hydrogen) atoms. The highest BCUT2D eigenvalue weighted by Gasteiger charge is 2.12. The highest BCUT2D eigenvalue weighted by molar-refractivity contribution is 7.00. The Morgan fingerprint density at radius 3 is 3.00 bits per heavy atom. The SMILES string of the molecule is Oc1ccc(NC2=NCCN2)c2nsnc12. The number of aliphatic imine (C=N–C) groups is 1. The van der Waals surface area contributed by atoms with E-state index in [-0.39, 0.29) is 5.75 Å². The van der Waals surface area contributed by atoms with Gasteiger partial charge in [-0.25, -0.2) is 0 Å². The summed E-state index contributed by atoms with van der Waals surface area (Å²) in [6.07, 6.45) is 0. The minimum atomic E-state index is 0.149. The molecule has 6 nitrogen and oxygen atoms in total. The van der Waals surface area contributed by atoms with Crippen LogP contribution in [0, 0.1) is 0 Å². The number of hydrogen-bond donors (Lipinski definition) is 3. The van der Waals surface area contributed by atoms with Crippen molar-refractivity contribution in [1.82, 2.24) is 14.1 Å². The molecule has 3 N–H and O–H groups in total. The second-order valence-electron chi connectivity index (χ2n) is 3.38. The van der Waals surface area contributed by atoms with Gasteiger partial charge in [0.25, 0.3) is 0 Å². The summed E-state index contributed by atoms with van der Waals surface area (Å²) in [5, 5.41) is 15.8. The Balaban J connectivity index is 2.03. The van der Waals surface area contributed by atoms with Crippen LogP contribution >= 0.6 is 11.7 Å². The minimum absolute atomic E-state index is 0.149. The number of phenolic OH excluding ortho intramolecular Hbond substituents is 1. The predicted octanol–water partition coefficient (Wildman–Crippen LogP) is 0.768. The molecule has 1 aliphatic heterocycles. The van der Waals surface area contributed by atoms with Gasteiger partial charge in [0, 0.05) is 6.54 Å². The van der Waals surface area contributed by atoms with Gasteiger partial charge >= 0.3 is 0 Å². The summed E-state index contributed by atoms with van der Waals surface area (Å²) in [6.45, 7) is 1.62. The van der Waals surface area contributed by atoms with Crippen molar-refractivity contribution >= 4 is 34.4 Å². The van der Waals surface area contributed by atoms with Gasteiger partial charge in [0.05, 0.1) is 24.0 Å². The molecule has 0 fully saturated rings. The van der Waals surface area contributed by atoms with Crippen LogP contribution in [-0.4, -0.2) is 32.9 Å². The molecule has 1 aliphatic rings. The van der Waals surface area contributed by atoms with Crippen molar-refractivity contribution in [2.24, 2.45) is 4.99 Å². The van der Waals surface area contributed by atoms with Crippen molar-refractivity contribution in [3.63, 3.8) is 0 Å². The number of aromatic nitrogens is 2. The van der Waals surface area contributed by atoms with E-state index in [0.29, 0.717) is 11.0 Å². The van der Waals surface area contributed by atoms with Crippen LogP contribution < -0.4 is 10.6 Å². The molecule has 0 amide bonds. The maximum atomic E-state index is 9.58. The molecule has 0 spiro atoms. The number of fused-ring (bicyclic) bond motifs is 1. The number of guanidine groups is 1. The number of benzene rings is 1. The van der Waals surface area contributed by atoms with E-state index in [9.17, 15) is 5.11 Å². The maximum absolute atomic E-state index is 9.58. The highest BCUT2D eigenvalue weighted by atomic mass is 32.1. The highest BCUT2D eigenvalue weighted by Crippen LogP contribution is 2.28. The summed E-state index contributed by atoms with van der Waals surface area (Å²) in [5.74, 6) is 0.885. The van der Waals surface area contributed by atoms with Gasteiger partial charge in [-0.1, -0.05) is 0 Å². The van der Waals surface area contributed by atoms with Crippen molar-refractivity contribution in [3.05, 3.63) is 12.1 Å². The molecule has 0 aliphatic carbocycles. The van der Waals surface area contributed by atoms with E-state index in [2.05, 4.69) is 24.4 Å². The molecule has 0 radical (unpaired) electrons. The van der Waals surface area contributed by atoms with Crippen molar-refractivity contribution in [2.75, 3.05) is 18.4 Å². The standard InChI is InChI=1S/C9H9N5OS/c15-6-2-1-5(7-8(6)14-16-13-7)12-9-10-3-4-11-9/h1-2,15H,3-4H2,(H2,10,11,12). The molecule has 1 aromatic carbocycles. The maximum Gasteiger partial charge on any atom is 0.195 e. The molecule has 7 heteroatoms. The molecule has 3 rings (SSSR count). The van der Waals surface area contributed by atoms with Crippen molar-refractivity contribution in [2.45, 2.75) is 0 Å². The topological polar surface area (TPSA) is 82.4 Å². The monoisotopic (exact) mass is 235 g/mol. The third kappa shape index (κ3) is 1.45. The number of nitrogens with one attached hydrogen (secondary N) is 2. The smallest absolute Gasteiger partial charge is 0.195 e. The van der Waals surface area contributed by atoms with Gasteiger partial charge in [-0.05, 0) is 12.1 Å². The lowest BCUT2D eigenvalue weighted by Gasteiger charge is -2.06. The minimum Gasteiger partial charge on any atom is -0.506 e. The van der Waals surface area contributed by atoms with Gasteiger partial charge in [-0.15, -0.1) is 0 Å². The molecule has 2 aromatic rings. The number of hydrogen-bond acceptors (Lipinski definition) is 7. The number of anilines is 1. The predicted molar refractivity (Wildman–Crippen MR) is 63.0 cm³/mol. The summed E-state index contributed by atoms with van der Waals surface area (Å²) in [7, 11) is 0. The van der Waals surface area contributed by atoms with E-state index >= 15 is 0 Å². The third-order valence-corrected chi connectivity index (χ3v) is 2.85. The summed E-state index contributed by atoms with van der Waals surface area (Å²) < 4.78 is 8.18. The Labute approximate surface area is 95.4 Å². The zero-order valence-corrected chi connectivity index (χ0v) is 9.08. The van der Waals surface area contributed by atoms with Gasteiger partial charge in [0.2, 0.25) is 0 Å². The van der Waals surface area contributed by atoms with E-state index in [1.165, 1.54) is 0 Å². The average molecular weight is 235 g/mol. The van der Waals surface area contributed by atoms with Crippen molar-refractivity contribution < 1.29 is 5.11 Å².